The van der Waals surface area contributed by atoms with E-state index in [0.717, 1.165) is 12.1 Å². The third kappa shape index (κ3) is 4.70. The number of hydrogen-bond donors (Lipinski definition) is 1. The molecule has 0 radical (unpaired) electrons. The van der Waals surface area contributed by atoms with E-state index in [0.29, 0.717) is 11.0 Å². The summed E-state index contributed by atoms with van der Waals surface area (Å²) in [5.41, 5.74) is -0.495. The highest BCUT2D eigenvalue weighted by Crippen LogP contribution is 2.23. The minimum absolute atomic E-state index is 0.130. The van der Waals surface area contributed by atoms with Crippen LogP contribution in [0.5, 0.6) is 5.75 Å². The zero-order valence-corrected chi connectivity index (χ0v) is 11.1. The van der Waals surface area contributed by atoms with Gasteiger partial charge >= 0.3 is 6.18 Å². The number of phenols is 1. The van der Waals surface area contributed by atoms with Crippen LogP contribution in [0.2, 0.25) is 0 Å². The summed E-state index contributed by atoms with van der Waals surface area (Å²) in [6, 6.07) is 2.53. The van der Waals surface area contributed by atoms with E-state index < -0.39 is 35.8 Å². The average molecular weight is 344 g/mol. The van der Waals surface area contributed by atoms with Crippen LogP contribution in [0.15, 0.2) is 18.2 Å². The number of nitrogens with zero attached hydrogens (tertiary/aromatic N) is 1. The molecule has 8 heteroatoms. The van der Waals surface area contributed by atoms with Crippen molar-refractivity contribution in [2.75, 3.05) is 18.4 Å². The van der Waals surface area contributed by atoms with E-state index in [9.17, 15) is 27.5 Å². The van der Waals surface area contributed by atoms with Gasteiger partial charge < -0.3 is 10.0 Å². The van der Waals surface area contributed by atoms with E-state index in [2.05, 4.69) is 15.9 Å². The van der Waals surface area contributed by atoms with Crippen LogP contribution in [0.25, 0.3) is 0 Å². The molecule has 106 valence electrons. The molecule has 1 N–H and O–H groups in total. The SMILES string of the molecule is O=C(c1cc(F)ccc1O)N(CCBr)CC(F)(F)F. The van der Waals surface area contributed by atoms with Crippen LogP contribution in [-0.2, 0) is 0 Å². The standard InChI is InChI=1S/C11H10BrF4NO2/c12-3-4-17(6-11(14,15)16)10(19)8-5-7(13)1-2-9(8)18/h1-2,5,18H,3-4,6H2. The van der Waals surface area contributed by atoms with Crippen molar-refractivity contribution in [3.63, 3.8) is 0 Å². The van der Waals surface area contributed by atoms with Gasteiger partial charge in [-0.15, -0.1) is 0 Å². The lowest BCUT2D eigenvalue weighted by Gasteiger charge is -2.23. The number of amides is 1. The van der Waals surface area contributed by atoms with Gasteiger partial charge in [-0.3, -0.25) is 4.79 Å². The van der Waals surface area contributed by atoms with Crippen LogP contribution < -0.4 is 0 Å². The Morgan fingerprint density at radius 1 is 1.37 bits per heavy atom. The zero-order chi connectivity index (χ0) is 14.6. The van der Waals surface area contributed by atoms with Crippen molar-refractivity contribution in [2.24, 2.45) is 0 Å². The number of carbonyl (C=O) groups excluding carboxylic acids is 1. The zero-order valence-electron chi connectivity index (χ0n) is 9.55. The first-order valence-electron chi connectivity index (χ1n) is 5.15. The Balaban J connectivity index is 3.02. The Hall–Kier alpha value is -1.31. The van der Waals surface area contributed by atoms with E-state index in [4.69, 9.17) is 0 Å². The van der Waals surface area contributed by atoms with E-state index in [-0.39, 0.29) is 11.9 Å². The van der Waals surface area contributed by atoms with Gasteiger partial charge in [-0.25, -0.2) is 4.39 Å². The molecule has 1 aromatic carbocycles. The molecule has 1 amide bonds. The highest BCUT2D eigenvalue weighted by atomic mass is 79.9. The van der Waals surface area contributed by atoms with Gasteiger partial charge in [-0.05, 0) is 18.2 Å². The number of carbonyl (C=O) groups is 1. The molecule has 0 aliphatic heterocycles. The minimum atomic E-state index is -4.57. The normalized spacial score (nSPS) is 11.4. The molecule has 0 aliphatic carbocycles. The average Bonchev–Trinajstić information content (AvgIpc) is 2.29. The fraction of sp³-hybridized carbons (Fsp3) is 0.364. The van der Waals surface area contributed by atoms with E-state index in [1.807, 2.05) is 0 Å². The van der Waals surface area contributed by atoms with Crippen molar-refractivity contribution >= 4 is 21.8 Å². The second-order valence-electron chi connectivity index (χ2n) is 3.69. The Labute approximate surface area is 115 Å². The van der Waals surface area contributed by atoms with Crippen LogP contribution in [-0.4, -0.2) is 40.5 Å². The Morgan fingerprint density at radius 3 is 2.53 bits per heavy atom. The van der Waals surface area contributed by atoms with Gasteiger partial charge in [0.05, 0.1) is 5.56 Å². The van der Waals surface area contributed by atoms with E-state index >= 15 is 0 Å². The molecular weight excluding hydrogens is 334 g/mol. The first-order chi connectivity index (χ1) is 8.74. The molecule has 0 bridgehead atoms. The number of alkyl halides is 4. The first-order valence-corrected chi connectivity index (χ1v) is 6.27. The molecule has 0 aliphatic rings. The van der Waals surface area contributed by atoms with E-state index in [1.165, 1.54) is 0 Å². The summed E-state index contributed by atoms with van der Waals surface area (Å²) < 4.78 is 50.0. The number of hydrogen-bond acceptors (Lipinski definition) is 2. The third-order valence-electron chi connectivity index (χ3n) is 2.20. The lowest BCUT2D eigenvalue weighted by Crippen LogP contribution is -2.40. The number of rotatable bonds is 4. The van der Waals surface area contributed by atoms with Gasteiger partial charge in [-0.1, -0.05) is 15.9 Å². The molecule has 1 rings (SSSR count). The molecular formula is C11H10BrF4NO2. The van der Waals surface area contributed by atoms with Gasteiger partial charge in [0.15, 0.2) is 0 Å². The molecule has 19 heavy (non-hydrogen) atoms. The summed E-state index contributed by atoms with van der Waals surface area (Å²) in [5, 5.41) is 9.54. The molecule has 0 unspecified atom stereocenters. The van der Waals surface area contributed by atoms with Gasteiger partial charge in [-0.2, -0.15) is 13.2 Å². The van der Waals surface area contributed by atoms with Crippen LogP contribution in [0, 0.1) is 5.82 Å². The number of aromatic hydroxyl groups is 1. The fourth-order valence-corrected chi connectivity index (χ4v) is 1.85. The Bertz CT molecular complexity index is 464. The second-order valence-corrected chi connectivity index (χ2v) is 4.49. The van der Waals surface area contributed by atoms with Crippen molar-refractivity contribution in [3.05, 3.63) is 29.6 Å². The topological polar surface area (TPSA) is 40.5 Å². The lowest BCUT2D eigenvalue weighted by molar-refractivity contribution is -0.140. The highest BCUT2D eigenvalue weighted by molar-refractivity contribution is 9.09. The fourth-order valence-electron chi connectivity index (χ4n) is 1.42. The molecule has 0 heterocycles. The summed E-state index contributed by atoms with van der Waals surface area (Å²) in [4.78, 5) is 12.4. The van der Waals surface area contributed by atoms with Gasteiger partial charge in [0.25, 0.3) is 5.91 Å². The van der Waals surface area contributed by atoms with Crippen molar-refractivity contribution in [1.82, 2.24) is 4.90 Å². The van der Waals surface area contributed by atoms with Gasteiger partial charge in [0.1, 0.15) is 18.1 Å². The molecule has 0 spiro atoms. The molecule has 0 aromatic heterocycles. The van der Waals surface area contributed by atoms with Crippen LogP contribution in [0.1, 0.15) is 10.4 Å². The number of benzene rings is 1. The smallest absolute Gasteiger partial charge is 0.406 e. The number of halogens is 5. The Morgan fingerprint density at radius 2 is 2.00 bits per heavy atom. The molecule has 0 saturated heterocycles. The van der Waals surface area contributed by atoms with E-state index in [1.54, 1.807) is 0 Å². The first kappa shape index (κ1) is 15.7. The largest absolute Gasteiger partial charge is 0.507 e. The van der Waals surface area contributed by atoms with Crippen LogP contribution in [0.4, 0.5) is 17.6 Å². The summed E-state index contributed by atoms with van der Waals surface area (Å²) in [7, 11) is 0. The van der Waals surface area contributed by atoms with Crippen molar-refractivity contribution < 1.29 is 27.5 Å². The summed E-state index contributed by atoms with van der Waals surface area (Å²) in [6.45, 7) is -1.68. The molecule has 1 aromatic rings. The lowest BCUT2D eigenvalue weighted by atomic mass is 10.1. The van der Waals surface area contributed by atoms with Crippen LogP contribution in [0.3, 0.4) is 0 Å². The maximum Gasteiger partial charge on any atom is 0.406 e. The third-order valence-corrected chi connectivity index (χ3v) is 2.56. The summed E-state index contributed by atoms with van der Waals surface area (Å²) >= 11 is 2.93. The predicted molar refractivity (Wildman–Crippen MR) is 63.8 cm³/mol. The maximum atomic E-state index is 13.0. The van der Waals surface area contributed by atoms with Crippen molar-refractivity contribution in [1.29, 1.82) is 0 Å². The maximum absolute atomic E-state index is 13.0. The highest BCUT2D eigenvalue weighted by Gasteiger charge is 2.33. The van der Waals surface area contributed by atoms with Crippen LogP contribution >= 0.6 is 15.9 Å². The number of phenolic OH excluding ortho intramolecular Hbond substituents is 1. The van der Waals surface area contributed by atoms with Crippen molar-refractivity contribution in [3.8, 4) is 5.75 Å². The summed E-state index contributed by atoms with van der Waals surface area (Å²) in [5.74, 6) is -2.45. The molecule has 0 saturated carbocycles. The quantitative estimate of drug-likeness (QED) is 0.674. The molecule has 3 nitrogen and oxygen atoms in total. The van der Waals surface area contributed by atoms with Gasteiger partial charge in [0.2, 0.25) is 0 Å². The Kier molecular flexibility index (Phi) is 5.16. The minimum Gasteiger partial charge on any atom is -0.507 e. The summed E-state index contributed by atoms with van der Waals surface area (Å²) in [6.07, 6.45) is -4.57. The van der Waals surface area contributed by atoms with Gasteiger partial charge in [0, 0.05) is 11.9 Å². The predicted octanol–water partition coefficient (Wildman–Crippen LogP) is 2.93. The molecule has 0 fully saturated rings. The monoisotopic (exact) mass is 343 g/mol. The second kappa shape index (κ2) is 6.23. The van der Waals surface area contributed by atoms with Crippen molar-refractivity contribution in [2.45, 2.75) is 6.18 Å². The molecule has 0 atom stereocenters.